The number of nitrogens with one attached hydrogen (secondary N) is 2. The molecule has 2 N–H and O–H groups in total. The molecule has 1 saturated heterocycles. The van der Waals surface area contributed by atoms with Gasteiger partial charge in [-0.05, 0) is 45.0 Å². The quantitative estimate of drug-likeness (QED) is 0.640. The lowest BCUT2D eigenvalue weighted by atomic mass is 10.1. The van der Waals surface area contributed by atoms with E-state index in [2.05, 4.69) is 25.4 Å². The van der Waals surface area contributed by atoms with Crippen molar-refractivity contribution in [1.82, 2.24) is 15.5 Å². The molecule has 1 aliphatic rings. The van der Waals surface area contributed by atoms with Gasteiger partial charge in [0.15, 0.2) is 5.96 Å². The third-order valence-corrected chi connectivity index (χ3v) is 3.90. The number of piperazine rings is 1. The Morgan fingerprint density at radius 3 is 2.28 bits per heavy atom. The van der Waals surface area contributed by atoms with Crippen molar-refractivity contribution in [3.8, 4) is 0 Å². The average molecular weight is 349 g/mol. The van der Waals surface area contributed by atoms with Crippen LogP contribution in [0.25, 0.3) is 0 Å². The predicted molar refractivity (Wildman–Crippen MR) is 99.4 cm³/mol. The maximum Gasteiger partial charge on any atom is 0.239 e. The zero-order valence-electron chi connectivity index (χ0n) is 15.5. The smallest absolute Gasteiger partial charge is 0.239 e. The molecule has 0 radical (unpaired) electrons. The molecule has 1 aromatic carbocycles. The number of hydrogen-bond acceptors (Lipinski definition) is 3. The van der Waals surface area contributed by atoms with Gasteiger partial charge >= 0.3 is 0 Å². The van der Waals surface area contributed by atoms with Gasteiger partial charge in [-0.2, -0.15) is 0 Å². The van der Waals surface area contributed by atoms with Crippen molar-refractivity contribution in [3.63, 3.8) is 0 Å². The minimum atomic E-state index is -0.247. The summed E-state index contributed by atoms with van der Waals surface area (Å²) in [6.07, 6.45) is 0. The number of carbonyl (C=O) groups excluding carboxylic acids is 1. The first kappa shape index (κ1) is 19.0. The van der Waals surface area contributed by atoms with E-state index in [0.29, 0.717) is 0 Å². The molecule has 0 atom stereocenters. The van der Waals surface area contributed by atoms with E-state index in [1.807, 2.05) is 20.8 Å². The summed E-state index contributed by atoms with van der Waals surface area (Å²) in [4.78, 5) is 20.6. The molecule has 0 saturated carbocycles. The molecule has 7 heteroatoms. The second-order valence-corrected chi connectivity index (χ2v) is 7.15. The maximum absolute atomic E-state index is 13.0. The molecule has 0 aromatic heterocycles. The van der Waals surface area contributed by atoms with Crippen LogP contribution in [0.2, 0.25) is 0 Å². The van der Waals surface area contributed by atoms with Crippen LogP contribution in [0.5, 0.6) is 0 Å². The van der Waals surface area contributed by atoms with Gasteiger partial charge in [0.25, 0.3) is 0 Å². The van der Waals surface area contributed by atoms with Crippen LogP contribution in [0.15, 0.2) is 29.3 Å². The summed E-state index contributed by atoms with van der Waals surface area (Å²) in [6.45, 7) is 9.27. The fourth-order valence-corrected chi connectivity index (χ4v) is 2.78. The van der Waals surface area contributed by atoms with Crippen LogP contribution in [0.4, 0.5) is 10.1 Å². The predicted octanol–water partition coefficient (Wildman–Crippen LogP) is 1.44. The van der Waals surface area contributed by atoms with Crippen molar-refractivity contribution in [2.75, 3.05) is 44.7 Å². The van der Waals surface area contributed by atoms with Gasteiger partial charge in [-0.15, -0.1) is 0 Å². The lowest BCUT2D eigenvalue weighted by Crippen LogP contribution is -2.54. The summed E-state index contributed by atoms with van der Waals surface area (Å²) in [6, 6.07) is 6.57. The fraction of sp³-hybridized carbons (Fsp3) is 0.556. The van der Waals surface area contributed by atoms with Gasteiger partial charge in [-0.3, -0.25) is 9.79 Å². The van der Waals surface area contributed by atoms with Crippen LogP contribution < -0.4 is 15.5 Å². The van der Waals surface area contributed by atoms with Crippen LogP contribution in [0.3, 0.4) is 0 Å². The first-order chi connectivity index (χ1) is 11.8. The van der Waals surface area contributed by atoms with E-state index in [4.69, 9.17) is 0 Å². The Morgan fingerprint density at radius 1 is 1.16 bits per heavy atom. The second-order valence-electron chi connectivity index (χ2n) is 7.15. The number of nitrogens with zero attached hydrogens (tertiary/aromatic N) is 3. The van der Waals surface area contributed by atoms with Crippen LogP contribution in [0.1, 0.15) is 20.8 Å². The number of rotatable bonds is 3. The molecule has 25 heavy (non-hydrogen) atoms. The Hall–Kier alpha value is -2.31. The number of benzene rings is 1. The number of anilines is 1. The third-order valence-electron chi connectivity index (χ3n) is 3.90. The molecule has 6 nitrogen and oxygen atoms in total. The first-order valence-corrected chi connectivity index (χ1v) is 8.55. The van der Waals surface area contributed by atoms with Gasteiger partial charge in [-0.25, -0.2) is 4.39 Å². The van der Waals surface area contributed by atoms with Crippen molar-refractivity contribution in [3.05, 3.63) is 30.1 Å². The molecular formula is C18H28FN5O. The van der Waals surface area contributed by atoms with Crippen molar-refractivity contribution in [2.45, 2.75) is 26.3 Å². The Kier molecular flexibility index (Phi) is 6.22. The standard InChI is InChI=1S/C18H28FN5O/c1-18(2,3)22-16(25)13-21-17(20-4)24-11-9-23(10-12-24)15-7-5-14(19)6-8-15/h5-8H,9-13H2,1-4H3,(H,20,21)(H,22,25). The van der Waals surface area contributed by atoms with Crippen molar-refractivity contribution >= 4 is 17.6 Å². The van der Waals surface area contributed by atoms with E-state index in [1.165, 1.54) is 12.1 Å². The van der Waals surface area contributed by atoms with Gasteiger partial charge in [0.2, 0.25) is 5.91 Å². The highest BCUT2D eigenvalue weighted by Crippen LogP contribution is 2.16. The number of amides is 1. The molecule has 1 aliphatic heterocycles. The Labute approximate surface area is 149 Å². The highest BCUT2D eigenvalue weighted by molar-refractivity contribution is 5.86. The van der Waals surface area contributed by atoms with Gasteiger partial charge in [0.05, 0.1) is 6.54 Å². The van der Waals surface area contributed by atoms with E-state index >= 15 is 0 Å². The topological polar surface area (TPSA) is 60.0 Å². The van der Waals surface area contributed by atoms with Crippen LogP contribution in [-0.2, 0) is 4.79 Å². The van der Waals surface area contributed by atoms with Gasteiger partial charge in [0, 0.05) is 44.5 Å². The molecule has 1 amide bonds. The molecule has 1 fully saturated rings. The SMILES string of the molecule is CN=C(NCC(=O)NC(C)(C)C)N1CCN(c2ccc(F)cc2)CC1. The summed E-state index contributed by atoms with van der Waals surface area (Å²) in [7, 11) is 1.72. The molecule has 0 spiro atoms. The van der Waals surface area contributed by atoms with E-state index in [1.54, 1.807) is 19.2 Å². The number of guanidine groups is 1. The highest BCUT2D eigenvalue weighted by Gasteiger charge is 2.21. The molecule has 1 aromatic rings. The van der Waals surface area contributed by atoms with Crippen LogP contribution >= 0.6 is 0 Å². The minimum Gasteiger partial charge on any atom is -0.368 e. The van der Waals surface area contributed by atoms with Crippen LogP contribution in [0, 0.1) is 5.82 Å². The van der Waals surface area contributed by atoms with Crippen molar-refractivity contribution in [1.29, 1.82) is 0 Å². The molecule has 0 aliphatic carbocycles. The number of halogens is 1. The van der Waals surface area contributed by atoms with Crippen LogP contribution in [-0.4, -0.2) is 62.1 Å². The number of carbonyl (C=O) groups is 1. The largest absolute Gasteiger partial charge is 0.368 e. The second kappa shape index (κ2) is 8.18. The highest BCUT2D eigenvalue weighted by atomic mass is 19.1. The summed E-state index contributed by atoms with van der Waals surface area (Å²) in [5.74, 6) is 0.446. The van der Waals surface area contributed by atoms with Gasteiger partial charge < -0.3 is 20.4 Å². The maximum atomic E-state index is 13.0. The normalized spacial score (nSPS) is 16.0. The van der Waals surface area contributed by atoms with Gasteiger partial charge in [-0.1, -0.05) is 0 Å². The molecule has 0 unspecified atom stereocenters. The van der Waals surface area contributed by atoms with E-state index in [9.17, 15) is 9.18 Å². The summed E-state index contributed by atoms with van der Waals surface area (Å²) < 4.78 is 13.0. The monoisotopic (exact) mass is 349 g/mol. The third kappa shape index (κ3) is 5.92. The van der Waals surface area contributed by atoms with E-state index in [-0.39, 0.29) is 23.8 Å². The Morgan fingerprint density at radius 2 is 1.76 bits per heavy atom. The lowest BCUT2D eigenvalue weighted by Gasteiger charge is -2.37. The molecule has 0 bridgehead atoms. The molecule has 1 heterocycles. The van der Waals surface area contributed by atoms with Gasteiger partial charge in [0.1, 0.15) is 5.82 Å². The fourth-order valence-electron chi connectivity index (χ4n) is 2.78. The summed E-state index contributed by atoms with van der Waals surface area (Å²) in [5, 5.41) is 6.04. The number of aliphatic imine (C=N–C) groups is 1. The Balaban J connectivity index is 1.83. The number of hydrogen-bond donors (Lipinski definition) is 2. The lowest BCUT2D eigenvalue weighted by molar-refractivity contribution is -0.121. The zero-order valence-corrected chi connectivity index (χ0v) is 15.5. The Bertz CT molecular complexity index is 601. The molecular weight excluding hydrogens is 321 g/mol. The van der Waals surface area contributed by atoms with E-state index < -0.39 is 0 Å². The summed E-state index contributed by atoms with van der Waals surface area (Å²) >= 11 is 0. The summed E-state index contributed by atoms with van der Waals surface area (Å²) in [5.41, 5.74) is 0.775. The first-order valence-electron chi connectivity index (χ1n) is 8.55. The van der Waals surface area contributed by atoms with E-state index in [0.717, 1.165) is 37.8 Å². The zero-order chi connectivity index (χ0) is 18.4. The minimum absolute atomic E-state index is 0.0569. The van der Waals surface area contributed by atoms with Crippen molar-refractivity contribution in [2.24, 2.45) is 4.99 Å². The van der Waals surface area contributed by atoms with Crippen molar-refractivity contribution < 1.29 is 9.18 Å². The molecule has 2 rings (SSSR count). The average Bonchev–Trinajstić information content (AvgIpc) is 2.55. The molecule has 138 valence electrons.